The van der Waals surface area contributed by atoms with E-state index in [0.717, 1.165) is 32.0 Å². The van der Waals surface area contributed by atoms with Crippen LogP contribution in [0.1, 0.15) is 37.4 Å². The molecule has 1 saturated heterocycles. The molecular weight excluding hydrogens is 297 g/mol. The topological polar surface area (TPSA) is 64.6 Å². The number of urea groups is 1. The number of carbonyl (C=O) groups excluding carboxylic acids is 1. The highest BCUT2D eigenvalue weighted by atomic mass is 19.1. The van der Waals surface area contributed by atoms with Crippen LogP contribution < -0.4 is 10.6 Å². The Morgan fingerprint density at radius 2 is 1.96 bits per heavy atom. The molecule has 1 heterocycles. The van der Waals surface area contributed by atoms with Crippen molar-refractivity contribution in [3.63, 3.8) is 0 Å². The lowest BCUT2D eigenvalue weighted by Gasteiger charge is -2.32. The van der Waals surface area contributed by atoms with Crippen LogP contribution in [-0.2, 0) is 0 Å². The van der Waals surface area contributed by atoms with Crippen molar-refractivity contribution < 1.29 is 14.3 Å². The van der Waals surface area contributed by atoms with Gasteiger partial charge in [0.2, 0.25) is 0 Å². The van der Waals surface area contributed by atoms with Gasteiger partial charge in [-0.1, -0.05) is 18.2 Å². The van der Waals surface area contributed by atoms with Crippen LogP contribution in [0.4, 0.5) is 9.18 Å². The second kappa shape index (κ2) is 7.27. The summed E-state index contributed by atoms with van der Waals surface area (Å²) in [5.41, 5.74) is 0.200. The van der Waals surface area contributed by atoms with E-state index >= 15 is 0 Å². The lowest BCUT2D eigenvalue weighted by atomic mass is 10.1. The fourth-order valence-corrected chi connectivity index (χ4v) is 3.13. The Bertz CT molecular complexity index is 542. The van der Waals surface area contributed by atoms with Crippen LogP contribution in [0.2, 0.25) is 0 Å². The van der Waals surface area contributed by atoms with Crippen molar-refractivity contribution in [1.82, 2.24) is 15.5 Å². The molecule has 1 aromatic carbocycles. The monoisotopic (exact) mass is 321 g/mol. The van der Waals surface area contributed by atoms with Crippen LogP contribution >= 0.6 is 0 Å². The van der Waals surface area contributed by atoms with E-state index in [1.807, 2.05) is 0 Å². The fraction of sp³-hybridized carbons (Fsp3) is 0.588. The number of rotatable bonds is 5. The van der Waals surface area contributed by atoms with Crippen molar-refractivity contribution in [2.75, 3.05) is 19.6 Å². The number of likely N-dealkylation sites (tertiary alicyclic amines) is 1. The van der Waals surface area contributed by atoms with E-state index in [9.17, 15) is 14.3 Å². The SMILES string of the molecule is O=C(NCC(O)c1ccccc1F)NC1CCN(C2CC2)CC1. The minimum atomic E-state index is -1.04. The molecule has 3 N–H and O–H groups in total. The van der Waals surface area contributed by atoms with Crippen LogP contribution in [0, 0.1) is 5.82 Å². The first kappa shape index (κ1) is 16.2. The Labute approximate surface area is 135 Å². The van der Waals surface area contributed by atoms with Gasteiger partial charge in [-0.2, -0.15) is 0 Å². The molecule has 3 rings (SSSR count). The van der Waals surface area contributed by atoms with Crippen LogP contribution in [0.5, 0.6) is 0 Å². The number of aliphatic hydroxyl groups is 1. The molecule has 1 aliphatic carbocycles. The van der Waals surface area contributed by atoms with Crippen molar-refractivity contribution in [3.8, 4) is 0 Å². The highest BCUT2D eigenvalue weighted by molar-refractivity contribution is 5.74. The molecule has 6 heteroatoms. The summed E-state index contributed by atoms with van der Waals surface area (Å²) < 4.78 is 13.6. The molecule has 0 bridgehead atoms. The van der Waals surface area contributed by atoms with Crippen molar-refractivity contribution in [2.24, 2.45) is 0 Å². The molecular formula is C17H24FN3O2. The summed E-state index contributed by atoms with van der Waals surface area (Å²) in [4.78, 5) is 14.4. The van der Waals surface area contributed by atoms with Crippen LogP contribution in [-0.4, -0.2) is 47.8 Å². The average Bonchev–Trinajstić information content (AvgIpc) is 3.39. The predicted octanol–water partition coefficient (Wildman–Crippen LogP) is 1.79. The third-order valence-electron chi connectivity index (χ3n) is 4.65. The second-order valence-electron chi connectivity index (χ2n) is 6.43. The number of hydrogen-bond acceptors (Lipinski definition) is 3. The average molecular weight is 321 g/mol. The fourth-order valence-electron chi connectivity index (χ4n) is 3.13. The van der Waals surface area contributed by atoms with Crippen LogP contribution in [0.3, 0.4) is 0 Å². The third kappa shape index (κ3) is 4.42. The van der Waals surface area contributed by atoms with E-state index < -0.39 is 11.9 Å². The van der Waals surface area contributed by atoms with Crippen LogP contribution in [0.15, 0.2) is 24.3 Å². The Kier molecular flexibility index (Phi) is 5.13. The third-order valence-corrected chi connectivity index (χ3v) is 4.65. The van der Waals surface area contributed by atoms with Gasteiger partial charge >= 0.3 is 6.03 Å². The number of benzene rings is 1. The Hall–Kier alpha value is -1.66. The molecule has 0 spiro atoms. The van der Waals surface area contributed by atoms with Gasteiger partial charge in [0.25, 0.3) is 0 Å². The Morgan fingerprint density at radius 3 is 2.61 bits per heavy atom. The predicted molar refractivity (Wildman–Crippen MR) is 85.5 cm³/mol. The van der Waals surface area contributed by atoms with Gasteiger partial charge in [0.15, 0.2) is 0 Å². The van der Waals surface area contributed by atoms with Gasteiger partial charge in [-0.3, -0.25) is 0 Å². The smallest absolute Gasteiger partial charge is 0.315 e. The summed E-state index contributed by atoms with van der Waals surface area (Å²) in [6.45, 7) is 2.06. The molecule has 2 aliphatic rings. The number of carbonyl (C=O) groups is 1. The first-order valence-corrected chi connectivity index (χ1v) is 8.34. The summed E-state index contributed by atoms with van der Waals surface area (Å²) in [6.07, 6.45) is 3.50. The van der Waals surface area contributed by atoms with Gasteiger partial charge < -0.3 is 20.6 Å². The molecule has 23 heavy (non-hydrogen) atoms. The minimum Gasteiger partial charge on any atom is -0.386 e. The number of halogens is 1. The van der Waals surface area contributed by atoms with E-state index in [4.69, 9.17) is 0 Å². The van der Waals surface area contributed by atoms with E-state index in [2.05, 4.69) is 15.5 Å². The summed E-state index contributed by atoms with van der Waals surface area (Å²) in [7, 11) is 0. The molecule has 1 aliphatic heterocycles. The number of aliphatic hydroxyl groups excluding tert-OH is 1. The number of nitrogens with one attached hydrogen (secondary N) is 2. The van der Waals surface area contributed by atoms with Gasteiger partial charge in [-0.15, -0.1) is 0 Å². The van der Waals surface area contributed by atoms with Crippen molar-refractivity contribution >= 4 is 6.03 Å². The van der Waals surface area contributed by atoms with Gasteiger partial charge in [0.05, 0.1) is 6.10 Å². The van der Waals surface area contributed by atoms with Crippen molar-refractivity contribution in [1.29, 1.82) is 0 Å². The molecule has 1 atom stereocenters. The maximum atomic E-state index is 13.6. The van der Waals surface area contributed by atoms with Gasteiger partial charge in [0, 0.05) is 37.3 Å². The summed E-state index contributed by atoms with van der Waals surface area (Å²) >= 11 is 0. The molecule has 1 unspecified atom stereocenters. The van der Waals surface area contributed by atoms with E-state index in [1.54, 1.807) is 12.1 Å². The first-order valence-electron chi connectivity index (χ1n) is 8.34. The molecule has 0 aromatic heterocycles. The second-order valence-corrected chi connectivity index (χ2v) is 6.43. The number of piperidine rings is 1. The van der Waals surface area contributed by atoms with E-state index in [0.29, 0.717) is 0 Å². The summed E-state index contributed by atoms with van der Waals surface area (Å²) in [6, 6.07) is 6.70. The summed E-state index contributed by atoms with van der Waals surface area (Å²) in [5, 5.41) is 15.5. The highest BCUT2D eigenvalue weighted by Gasteiger charge is 2.32. The Morgan fingerprint density at radius 1 is 1.26 bits per heavy atom. The zero-order valence-electron chi connectivity index (χ0n) is 13.2. The molecule has 1 saturated carbocycles. The van der Waals surface area contributed by atoms with Crippen LogP contribution in [0.25, 0.3) is 0 Å². The molecule has 2 amide bonds. The molecule has 5 nitrogen and oxygen atoms in total. The standard InChI is InChI=1S/C17H24FN3O2/c18-15-4-2-1-3-14(15)16(22)11-19-17(23)20-12-7-9-21(10-8-12)13-5-6-13/h1-4,12-13,16,22H,5-11H2,(H2,19,20,23). The van der Waals surface area contributed by atoms with Gasteiger partial charge in [-0.05, 0) is 31.7 Å². The molecule has 0 radical (unpaired) electrons. The zero-order valence-corrected chi connectivity index (χ0v) is 13.2. The first-order chi connectivity index (χ1) is 11.1. The number of amides is 2. The normalized spacial score (nSPS) is 21.0. The lowest BCUT2D eigenvalue weighted by Crippen LogP contribution is -2.48. The Balaban J connectivity index is 1.39. The molecule has 1 aromatic rings. The lowest BCUT2D eigenvalue weighted by molar-refractivity contribution is 0.164. The number of hydrogen-bond donors (Lipinski definition) is 3. The number of nitrogens with zero attached hydrogens (tertiary/aromatic N) is 1. The summed E-state index contributed by atoms with van der Waals surface area (Å²) in [5.74, 6) is -0.463. The van der Waals surface area contributed by atoms with Crippen molar-refractivity contribution in [2.45, 2.75) is 43.9 Å². The quantitative estimate of drug-likeness (QED) is 0.775. The largest absolute Gasteiger partial charge is 0.386 e. The molecule has 126 valence electrons. The van der Waals surface area contributed by atoms with Gasteiger partial charge in [0.1, 0.15) is 5.82 Å². The van der Waals surface area contributed by atoms with E-state index in [1.165, 1.54) is 25.0 Å². The van der Waals surface area contributed by atoms with Crippen molar-refractivity contribution in [3.05, 3.63) is 35.6 Å². The van der Waals surface area contributed by atoms with Gasteiger partial charge in [-0.25, -0.2) is 9.18 Å². The zero-order chi connectivity index (χ0) is 16.2. The maximum Gasteiger partial charge on any atom is 0.315 e. The maximum absolute atomic E-state index is 13.6. The molecule has 2 fully saturated rings. The van der Waals surface area contributed by atoms with E-state index in [-0.39, 0.29) is 24.2 Å². The highest BCUT2D eigenvalue weighted by Crippen LogP contribution is 2.29. The minimum absolute atomic E-state index is 0.00626.